The standard InChI is InChI=1S/C12H11N3OS/c16-12(14-11-4-2-6-17-11)15-7-9-3-1-5-13-10(9)8-15/h1-6H,7-8H2,(H,14,16). The van der Waals surface area contributed by atoms with Gasteiger partial charge < -0.3 is 4.90 Å². The van der Waals surface area contributed by atoms with Crippen LogP contribution in [0.2, 0.25) is 0 Å². The molecule has 1 aliphatic heterocycles. The number of fused-ring (bicyclic) bond motifs is 1. The molecule has 3 rings (SSSR count). The van der Waals surface area contributed by atoms with Gasteiger partial charge in [0.2, 0.25) is 0 Å². The third-order valence-corrected chi connectivity index (χ3v) is 3.51. The van der Waals surface area contributed by atoms with Crippen molar-refractivity contribution in [1.82, 2.24) is 9.88 Å². The molecule has 3 heterocycles. The zero-order valence-electron chi connectivity index (χ0n) is 9.09. The highest BCUT2D eigenvalue weighted by Crippen LogP contribution is 2.22. The van der Waals surface area contributed by atoms with Crippen molar-refractivity contribution in [3.05, 3.63) is 47.1 Å². The minimum absolute atomic E-state index is 0.0644. The van der Waals surface area contributed by atoms with Crippen LogP contribution in [0.4, 0.5) is 9.80 Å². The van der Waals surface area contributed by atoms with Crippen molar-refractivity contribution >= 4 is 22.4 Å². The summed E-state index contributed by atoms with van der Waals surface area (Å²) in [6.07, 6.45) is 1.76. The van der Waals surface area contributed by atoms with Gasteiger partial charge in [-0.3, -0.25) is 10.3 Å². The molecule has 0 unspecified atom stereocenters. The topological polar surface area (TPSA) is 45.2 Å². The molecule has 17 heavy (non-hydrogen) atoms. The predicted molar refractivity (Wildman–Crippen MR) is 66.8 cm³/mol. The predicted octanol–water partition coefficient (Wildman–Crippen LogP) is 2.69. The second kappa shape index (κ2) is 4.18. The zero-order valence-corrected chi connectivity index (χ0v) is 9.91. The number of rotatable bonds is 1. The third kappa shape index (κ3) is 2.01. The van der Waals surface area contributed by atoms with Gasteiger partial charge in [0.15, 0.2) is 0 Å². The Kier molecular flexibility index (Phi) is 2.53. The van der Waals surface area contributed by atoms with Crippen molar-refractivity contribution < 1.29 is 4.79 Å². The molecule has 1 aliphatic rings. The maximum absolute atomic E-state index is 12.0. The molecular formula is C12H11N3OS. The fourth-order valence-corrected chi connectivity index (χ4v) is 2.48. The van der Waals surface area contributed by atoms with Gasteiger partial charge in [0.25, 0.3) is 0 Å². The van der Waals surface area contributed by atoms with E-state index in [2.05, 4.69) is 10.3 Å². The molecule has 0 saturated heterocycles. The average Bonchev–Trinajstić information content (AvgIpc) is 2.96. The highest BCUT2D eigenvalue weighted by Gasteiger charge is 2.23. The number of hydrogen-bond acceptors (Lipinski definition) is 3. The molecule has 2 aromatic rings. The molecule has 0 aliphatic carbocycles. The van der Waals surface area contributed by atoms with Crippen LogP contribution in [0.25, 0.3) is 0 Å². The van der Waals surface area contributed by atoms with Crippen LogP contribution >= 0.6 is 11.3 Å². The lowest BCUT2D eigenvalue weighted by Crippen LogP contribution is -2.29. The molecule has 4 nitrogen and oxygen atoms in total. The lowest BCUT2D eigenvalue weighted by atomic mass is 10.2. The van der Waals surface area contributed by atoms with Gasteiger partial charge in [-0.1, -0.05) is 6.07 Å². The van der Waals surface area contributed by atoms with E-state index in [-0.39, 0.29) is 6.03 Å². The number of thiophene rings is 1. The first-order valence-corrected chi connectivity index (χ1v) is 6.23. The first kappa shape index (κ1) is 10.3. The molecule has 5 heteroatoms. The summed E-state index contributed by atoms with van der Waals surface area (Å²) in [5.41, 5.74) is 2.13. The van der Waals surface area contributed by atoms with Crippen LogP contribution in [0.15, 0.2) is 35.8 Å². The van der Waals surface area contributed by atoms with E-state index in [1.54, 1.807) is 11.1 Å². The molecule has 0 bridgehead atoms. The lowest BCUT2D eigenvalue weighted by molar-refractivity contribution is 0.212. The van der Waals surface area contributed by atoms with Crippen LogP contribution in [0, 0.1) is 0 Å². The van der Waals surface area contributed by atoms with Crippen LogP contribution in [0.3, 0.4) is 0 Å². The van der Waals surface area contributed by atoms with Crippen molar-refractivity contribution in [3.8, 4) is 0 Å². The number of nitrogens with zero attached hydrogens (tertiary/aromatic N) is 2. The number of carbonyl (C=O) groups excluding carboxylic acids is 1. The number of carbonyl (C=O) groups is 1. The molecule has 0 aromatic carbocycles. The summed E-state index contributed by atoms with van der Waals surface area (Å²) < 4.78 is 0. The number of pyridine rings is 1. The average molecular weight is 245 g/mol. The SMILES string of the molecule is O=C(Nc1cccs1)N1Cc2cccnc2C1. The van der Waals surface area contributed by atoms with E-state index in [1.807, 2.05) is 29.6 Å². The Morgan fingerprint density at radius 1 is 1.35 bits per heavy atom. The van der Waals surface area contributed by atoms with Crippen LogP contribution in [0.1, 0.15) is 11.3 Å². The van der Waals surface area contributed by atoms with Crippen molar-refractivity contribution in [2.45, 2.75) is 13.1 Å². The number of hydrogen-bond donors (Lipinski definition) is 1. The van der Waals surface area contributed by atoms with E-state index in [1.165, 1.54) is 11.3 Å². The number of nitrogens with one attached hydrogen (secondary N) is 1. The van der Waals surface area contributed by atoms with Crippen LogP contribution in [-0.4, -0.2) is 15.9 Å². The third-order valence-electron chi connectivity index (χ3n) is 2.72. The van der Waals surface area contributed by atoms with E-state index < -0.39 is 0 Å². The number of amides is 2. The largest absolute Gasteiger partial charge is 0.323 e. The van der Waals surface area contributed by atoms with E-state index in [4.69, 9.17) is 0 Å². The van der Waals surface area contributed by atoms with Crippen molar-refractivity contribution in [2.75, 3.05) is 5.32 Å². The van der Waals surface area contributed by atoms with Crippen molar-refractivity contribution in [3.63, 3.8) is 0 Å². The van der Waals surface area contributed by atoms with Gasteiger partial charge in [-0.15, -0.1) is 11.3 Å². The number of urea groups is 1. The Balaban J connectivity index is 1.70. The summed E-state index contributed by atoms with van der Waals surface area (Å²) >= 11 is 1.52. The molecule has 0 atom stereocenters. The maximum atomic E-state index is 12.0. The van der Waals surface area contributed by atoms with E-state index in [0.29, 0.717) is 13.1 Å². The Hall–Kier alpha value is -1.88. The summed E-state index contributed by atoms with van der Waals surface area (Å²) in [6, 6.07) is 7.66. The summed E-state index contributed by atoms with van der Waals surface area (Å²) in [5, 5.41) is 5.69. The molecule has 0 spiro atoms. The first-order chi connectivity index (χ1) is 8.33. The Bertz CT molecular complexity index is 513. The minimum atomic E-state index is -0.0644. The van der Waals surface area contributed by atoms with E-state index in [9.17, 15) is 4.79 Å². The minimum Gasteiger partial charge on any atom is -0.314 e. The lowest BCUT2D eigenvalue weighted by Gasteiger charge is -2.14. The van der Waals surface area contributed by atoms with Gasteiger partial charge >= 0.3 is 6.03 Å². The molecule has 0 radical (unpaired) electrons. The van der Waals surface area contributed by atoms with Crippen LogP contribution in [0.5, 0.6) is 0 Å². The van der Waals surface area contributed by atoms with Gasteiger partial charge in [0.1, 0.15) is 0 Å². The quantitative estimate of drug-likeness (QED) is 0.839. The van der Waals surface area contributed by atoms with Gasteiger partial charge in [0.05, 0.1) is 17.2 Å². The van der Waals surface area contributed by atoms with Gasteiger partial charge in [0, 0.05) is 12.7 Å². The molecular weight excluding hydrogens is 234 g/mol. The van der Waals surface area contributed by atoms with Crippen molar-refractivity contribution in [2.24, 2.45) is 0 Å². The molecule has 0 fully saturated rings. The molecule has 86 valence electrons. The molecule has 2 amide bonds. The van der Waals surface area contributed by atoms with Gasteiger partial charge in [-0.05, 0) is 29.1 Å². The highest BCUT2D eigenvalue weighted by molar-refractivity contribution is 7.14. The van der Waals surface area contributed by atoms with Crippen LogP contribution < -0.4 is 5.32 Å². The van der Waals surface area contributed by atoms with E-state index >= 15 is 0 Å². The molecule has 2 aromatic heterocycles. The first-order valence-electron chi connectivity index (χ1n) is 5.35. The monoisotopic (exact) mass is 245 g/mol. The summed E-state index contributed by atoms with van der Waals surface area (Å²) in [7, 11) is 0. The summed E-state index contributed by atoms with van der Waals surface area (Å²) in [6.45, 7) is 1.23. The second-order valence-electron chi connectivity index (χ2n) is 3.87. The highest BCUT2D eigenvalue weighted by atomic mass is 32.1. The fraction of sp³-hybridized carbons (Fsp3) is 0.167. The zero-order chi connectivity index (χ0) is 11.7. The maximum Gasteiger partial charge on any atom is 0.323 e. The fourth-order valence-electron chi connectivity index (χ4n) is 1.88. The van der Waals surface area contributed by atoms with Gasteiger partial charge in [-0.25, -0.2) is 4.79 Å². The normalized spacial score (nSPS) is 13.5. The van der Waals surface area contributed by atoms with Crippen LogP contribution in [-0.2, 0) is 13.1 Å². The number of aromatic nitrogens is 1. The van der Waals surface area contributed by atoms with Crippen molar-refractivity contribution in [1.29, 1.82) is 0 Å². The Labute approximate surface area is 103 Å². The smallest absolute Gasteiger partial charge is 0.314 e. The molecule has 1 N–H and O–H groups in total. The Morgan fingerprint density at radius 3 is 3.06 bits per heavy atom. The Morgan fingerprint density at radius 2 is 2.29 bits per heavy atom. The summed E-state index contributed by atoms with van der Waals surface area (Å²) in [5.74, 6) is 0. The number of anilines is 1. The van der Waals surface area contributed by atoms with E-state index in [0.717, 1.165) is 16.3 Å². The molecule has 0 saturated carbocycles. The second-order valence-corrected chi connectivity index (χ2v) is 4.82. The van der Waals surface area contributed by atoms with Gasteiger partial charge in [-0.2, -0.15) is 0 Å². The summed E-state index contributed by atoms with van der Waals surface area (Å²) in [4.78, 5) is 18.0.